The quantitative estimate of drug-likeness (QED) is 0.378. The number of benzene rings is 2. The molecule has 1 amide bonds. The smallest absolute Gasteiger partial charge is 0.295 e. The van der Waals surface area contributed by atoms with Crippen molar-refractivity contribution in [3.63, 3.8) is 0 Å². The van der Waals surface area contributed by atoms with E-state index in [0.717, 1.165) is 50.4 Å². The number of ketones is 1. The first kappa shape index (κ1) is 23.0. The lowest BCUT2D eigenvalue weighted by molar-refractivity contribution is -0.908. The Morgan fingerprint density at radius 3 is 2.58 bits per heavy atom. The second kappa shape index (κ2) is 10.2. The Hall–Kier alpha value is -3.16. The van der Waals surface area contributed by atoms with Crippen LogP contribution in [0.1, 0.15) is 29.2 Å². The molecule has 4 rings (SSSR count). The van der Waals surface area contributed by atoms with E-state index in [4.69, 9.17) is 9.47 Å². The molecule has 0 bridgehead atoms. The highest BCUT2D eigenvalue weighted by molar-refractivity contribution is 6.46. The number of hydrogen-bond donors (Lipinski definition) is 1. The number of aryl methyl sites for hydroxylation is 1. The van der Waals surface area contributed by atoms with Gasteiger partial charge >= 0.3 is 0 Å². The van der Waals surface area contributed by atoms with E-state index < -0.39 is 23.5 Å². The first-order chi connectivity index (χ1) is 16.0. The SMILES string of the molecule is COc1cccc(/C([O-])=C2\C(=O)C(=O)N(CCC[NH+]3CCOCC3)C2c2ccc(C)cc2)c1. The molecule has 7 nitrogen and oxygen atoms in total. The Morgan fingerprint density at radius 2 is 1.88 bits per heavy atom. The third-order valence-electron chi connectivity index (χ3n) is 6.38. The van der Waals surface area contributed by atoms with Crippen LogP contribution in [0.3, 0.4) is 0 Å². The number of ether oxygens (including phenoxy) is 2. The standard InChI is InChI=1S/C26H30N2O5/c1-18-7-9-19(10-8-18)23-22(24(29)20-5-3-6-21(17-20)32-2)25(30)26(31)28(23)12-4-11-27-13-15-33-16-14-27/h3,5-10,17,23,29H,4,11-16H2,1-2H3/b24-22+. The van der Waals surface area contributed by atoms with Gasteiger partial charge in [0.1, 0.15) is 18.8 Å². The summed E-state index contributed by atoms with van der Waals surface area (Å²) in [6.45, 7) is 6.66. The van der Waals surface area contributed by atoms with Crippen molar-refractivity contribution in [1.29, 1.82) is 0 Å². The van der Waals surface area contributed by atoms with Crippen molar-refractivity contribution in [1.82, 2.24) is 4.90 Å². The third kappa shape index (κ3) is 4.94. The summed E-state index contributed by atoms with van der Waals surface area (Å²) in [4.78, 5) is 29.2. The second-order valence-electron chi connectivity index (χ2n) is 8.58. The molecule has 2 aliphatic heterocycles. The fourth-order valence-electron chi connectivity index (χ4n) is 4.53. The highest BCUT2D eigenvalue weighted by Crippen LogP contribution is 2.39. The van der Waals surface area contributed by atoms with E-state index in [-0.39, 0.29) is 5.57 Å². The van der Waals surface area contributed by atoms with E-state index >= 15 is 0 Å². The molecule has 0 saturated carbocycles. The zero-order chi connectivity index (χ0) is 23.4. The normalized spacial score (nSPS) is 20.9. The van der Waals surface area contributed by atoms with Crippen molar-refractivity contribution < 1.29 is 29.1 Å². The fourth-order valence-corrected chi connectivity index (χ4v) is 4.53. The first-order valence-electron chi connectivity index (χ1n) is 11.4. The summed E-state index contributed by atoms with van der Waals surface area (Å²) >= 11 is 0. The van der Waals surface area contributed by atoms with Crippen LogP contribution in [0.25, 0.3) is 5.76 Å². The Kier molecular flexibility index (Phi) is 7.11. The van der Waals surface area contributed by atoms with Crippen molar-refractivity contribution >= 4 is 17.4 Å². The summed E-state index contributed by atoms with van der Waals surface area (Å²) in [6, 6.07) is 13.7. The van der Waals surface area contributed by atoms with E-state index in [1.54, 1.807) is 29.2 Å². The molecule has 1 N–H and O–H groups in total. The minimum absolute atomic E-state index is 0.0100. The van der Waals surface area contributed by atoms with Gasteiger partial charge in [-0.1, -0.05) is 47.7 Å². The van der Waals surface area contributed by atoms with Gasteiger partial charge in [0.05, 0.1) is 32.9 Å². The lowest BCUT2D eigenvalue weighted by atomic mass is 9.94. The number of amides is 1. The maximum absolute atomic E-state index is 13.5. The van der Waals surface area contributed by atoms with Crippen molar-refractivity contribution in [3.05, 3.63) is 70.8 Å². The predicted octanol–water partition coefficient (Wildman–Crippen LogP) is 0.533. The topological polar surface area (TPSA) is 83.3 Å². The average Bonchev–Trinajstić information content (AvgIpc) is 3.10. The molecule has 2 aromatic rings. The summed E-state index contributed by atoms with van der Waals surface area (Å²) in [7, 11) is 1.52. The molecule has 2 fully saturated rings. The van der Waals surface area contributed by atoms with E-state index in [1.807, 2.05) is 31.2 Å². The number of rotatable bonds is 7. The molecule has 0 spiro atoms. The number of carbonyl (C=O) groups excluding carboxylic acids is 2. The monoisotopic (exact) mass is 450 g/mol. The van der Waals surface area contributed by atoms with Gasteiger partial charge in [-0.2, -0.15) is 0 Å². The molecule has 2 heterocycles. The van der Waals surface area contributed by atoms with E-state index in [1.165, 1.54) is 12.0 Å². The number of quaternary nitrogens is 1. The van der Waals surface area contributed by atoms with Crippen molar-refractivity contribution in [3.8, 4) is 5.75 Å². The number of hydrogen-bond acceptors (Lipinski definition) is 5. The lowest BCUT2D eigenvalue weighted by Gasteiger charge is -2.29. The molecule has 1 unspecified atom stereocenters. The van der Waals surface area contributed by atoms with Crippen LogP contribution >= 0.6 is 0 Å². The minimum Gasteiger partial charge on any atom is -0.872 e. The van der Waals surface area contributed by atoms with Crippen LogP contribution in [0.5, 0.6) is 5.75 Å². The molecule has 2 aromatic carbocycles. The summed E-state index contributed by atoms with van der Waals surface area (Å²) in [5, 5.41) is 13.5. The molecule has 0 radical (unpaired) electrons. The Balaban J connectivity index is 1.67. The Morgan fingerprint density at radius 1 is 1.15 bits per heavy atom. The minimum atomic E-state index is -0.716. The molecule has 2 saturated heterocycles. The maximum Gasteiger partial charge on any atom is 0.295 e. The summed E-state index contributed by atoms with van der Waals surface area (Å²) in [5.74, 6) is -1.23. The van der Waals surface area contributed by atoms with Gasteiger partial charge in [0, 0.05) is 18.5 Å². The molecule has 33 heavy (non-hydrogen) atoms. The van der Waals surface area contributed by atoms with Crippen LogP contribution in [-0.2, 0) is 14.3 Å². The largest absolute Gasteiger partial charge is 0.872 e. The Labute approximate surface area is 194 Å². The van der Waals surface area contributed by atoms with Crippen molar-refractivity contribution in [2.24, 2.45) is 0 Å². The summed E-state index contributed by atoms with van der Waals surface area (Å²) in [5.41, 5.74) is 2.18. The molecule has 0 aromatic heterocycles. The molecular formula is C26H30N2O5. The van der Waals surface area contributed by atoms with E-state index in [9.17, 15) is 14.7 Å². The van der Waals surface area contributed by atoms with Crippen molar-refractivity contribution in [2.45, 2.75) is 19.4 Å². The number of likely N-dealkylation sites (tertiary alicyclic amines) is 1. The van der Waals surface area contributed by atoms with Gasteiger partial charge in [0.2, 0.25) is 5.78 Å². The van der Waals surface area contributed by atoms with Gasteiger partial charge in [-0.15, -0.1) is 0 Å². The van der Waals surface area contributed by atoms with Gasteiger partial charge in [-0.05, 0) is 30.2 Å². The summed E-state index contributed by atoms with van der Waals surface area (Å²) in [6.07, 6.45) is 0.747. The highest BCUT2D eigenvalue weighted by atomic mass is 16.5. The van der Waals surface area contributed by atoms with Gasteiger partial charge in [-0.3, -0.25) is 9.59 Å². The van der Waals surface area contributed by atoms with E-state index in [0.29, 0.717) is 17.9 Å². The number of nitrogens with one attached hydrogen (secondary N) is 1. The molecule has 174 valence electrons. The fraction of sp³-hybridized carbons (Fsp3) is 0.385. The summed E-state index contributed by atoms with van der Waals surface area (Å²) < 4.78 is 10.7. The molecule has 2 aliphatic rings. The molecular weight excluding hydrogens is 420 g/mol. The molecule has 0 aliphatic carbocycles. The number of nitrogens with zero attached hydrogens (tertiary/aromatic N) is 1. The van der Waals surface area contributed by atoms with E-state index in [2.05, 4.69) is 0 Å². The van der Waals surface area contributed by atoms with Crippen molar-refractivity contribution in [2.75, 3.05) is 46.5 Å². The zero-order valence-electron chi connectivity index (χ0n) is 19.1. The number of morpholine rings is 1. The number of Topliss-reactive ketones (excluding diaryl/α,β-unsaturated/α-hetero) is 1. The van der Waals surface area contributed by atoms with Gasteiger partial charge in [0.15, 0.2) is 0 Å². The predicted molar refractivity (Wildman–Crippen MR) is 122 cm³/mol. The zero-order valence-corrected chi connectivity index (χ0v) is 19.1. The van der Waals surface area contributed by atoms with Crippen LogP contribution in [0.15, 0.2) is 54.1 Å². The third-order valence-corrected chi connectivity index (χ3v) is 6.38. The average molecular weight is 451 g/mol. The van der Waals surface area contributed by atoms with Crippen LogP contribution < -0.4 is 14.7 Å². The first-order valence-corrected chi connectivity index (χ1v) is 11.4. The van der Waals surface area contributed by atoms with Crippen LogP contribution in [0.2, 0.25) is 0 Å². The van der Waals surface area contributed by atoms with Crippen LogP contribution in [0.4, 0.5) is 0 Å². The lowest BCUT2D eigenvalue weighted by Crippen LogP contribution is -3.14. The second-order valence-corrected chi connectivity index (χ2v) is 8.58. The molecule has 1 atom stereocenters. The van der Waals surface area contributed by atoms with Crippen LogP contribution in [0, 0.1) is 6.92 Å². The molecule has 7 heteroatoms. The van der Waals surface area contributed by atoms with Crippen LogP contribution in [-0.4, -0.2) is 63.1 Å². The van der Waals surface area contributed by atoms with Gasteiger partial charge in [-0.25, -0.2) is 0 Å². The van der Waals surface area contributed by atoms with Gasteiger partial charge in [0.25, 0.3) is 5.91 Å². The number of methoxy groups -OCH3 is 1. The van der Waals surface area contributed by atoms with Gasteiger partial charge < -0.3 is 24.4 Å². The maximum atomic E-state index is 13.5. The Bertz CT molecular complexity index is 1040. The number of carbonyl (C=O) groups is 2. The highest BCUT2D eigenvalue weighted by Gasteiger charge is 2.44.